The van der Waals surface area contributed by atoms with Crippen molar-refractivity contribution in [2.75, 3.05) is 0 Å². The van der Waals surface area contributed by atoms with Gasteiger partial charge in [-0.1, -0.05) is 35.4 Å². The van der Waals surface area contributed by atoms with E-state index in [1.807, 2.05) is 24.3 Å². The van der Waals surface area contributed by atoms with Crippen molar-refractivity contribution in [1.29, 1.82) is 0 Å². The van der Waals surface area contributed by atoms with Crippen molar-refractivity contribution in [1.82, 2.24) is 0 Å². The number of aryl methyl sites for hydroxylation is 3. The third kappa shape index (κ3) is 5.48. The van der Waals surface area contributed by atoms with E-state index in [0.29, 0.717) is 12.2 Å². The summed E-state index contributed by atoms with van der Waals surface area (Å²) in [5, 5.41) is 0.725. The number of hydrogen-bond acceptors (Lipinski definition) is 2. The minimum absolute atomic E-state index is 0. The molecule has 0 unspecified atom stereocenters. The summed E-state index contributed by atoms with van der Waals surface area (Å²) in [6, 6.07) is 11.6. The second-order valence-electron chi connectivity index (χ2n) is 6.52. The Morgan fingerprint density at radius 2 is 1.27 bits per heavy atom. The molecule has 0 fully saturated rings. The van der Waals surface area contributed by atoms with Crippen LogP contribution in [-0.2, 0) is 12.8 Å². The molecule has 0 aliphatic heterocycles. The van der Waals surface area contributed by atoms with Crippen molar-refractivity contribution in [2.24, 2.45) is 0 Å². The van der Waals surface area contributed by atoms with E-state index in [1.165, 1.54) is 11.1 Å². The fraction of sp³-hybridized carbons (Fsp3) is 0.333. The van der Waals surface area contributed by atoms with Gasteiger partial charge in [-0.15, -0.1) is 0 Å². The number of carbonyl (C=O) groups excluding carboxylic acids is 2. The predicted octanol–water partition coefficient (Wildman–Crippen LogP) is -0.619. The van der Waals surface area contributed by atoms with E-state index in [1.54, 1.807) is 6.07 Å². The Bertz CT molecular complexity index is 735. The number of halogens is 2. The van der Waals surface area contributed by atoms with E-state index >= 15 is 0 Å². The van der Waals surface area contributed by atoms with Gasteiger partial charge in [0.2, 0.25) is 0 Å². The number of hydrogen-bond donors (Lipinski definition) is 0. The van der Waals surface area contributed by atoms with Crippen LogP contribution in [0.3, 0.4) is 0 Å². The monoisotopic (exact) mass is 382 g/mol. The Kier molecular flexibility index (Phi) is 9.14. The third-order valence-electron chi connectivity index (χ3n) is 4.63. The fourth-order valence-electron chi connectivity index (χ4n) is 3.39. The molecule has 0 amide bonds. The van der Waals surface area contributed by atoms with Crippen LogP contribution in [0.5, 0.6) is 0 Å². The fourth-order valence-corrected chi connectivity index (χ4v) is 3.59. The first-order chi connectivity index (χ1) is 11.5. The summed E-state index contributed by atoms with van der Waals surface area (Å²) >= 11 is 5.81. The Labute approximate surface area is 178 Å². The second kappa shape index (κ2) is 10.3. The summed E-state index contributed by atoms with van der Waals surface area (Å²) < 4.78 is 0. The topological polar surface area (TPSA) is 34.1 Å². The van der Waals surface area contributed by atoms with E-state index < -0.39 is 0 Å². The molecule has 2 nitrogen and oxygen atoms in total. The van der Waals surface area contributed by atoms with E-state index in [0.717, 1.165) is 53.8 Å². The van der Waals surface area contributed by atoms with Crippen LogP contribution in [0, 0.1) is 6.92 Å². The molecule has 5 heteroatoms. The van der Waals surface area contributed by atoms with Gasteiger partial charge in [-0.2, -0.15) is 0 Å². The molecule has 0 heterocycles. The van der Waals surface area contributed by atoms with Gasteiger partial charge in [-0.05, 0) is 61.9 Å². The van der Waals surface area contributed by atoms with Gasteiger partial charge >= 0.3 is 18.9 Å². The minimum atomic E-state index is 0. The van der Waals surface area contributed by atoms with Crippen molar-refractivity contribution < 1.29 is 40.9 Å². The molecule has 26 heavy (non-hydrogen) atoms. The minimum Gasteiger partial charge on any atom is -1.00 e. The first-order valence-electron chi connectivity index (χ1n) is 8.49. The molecule has 0 saturated carbocycles. The molecule has 0 aromatic heterocycles. The summed E-state index contributed by atoms with van der Waals surface area (Å²) in [5.74, 6) is 0.573. The first-order valence-corrected chi connectivity index (χ1v) is 8.87. The quantitative estimate of drug-likeness (QED) is 0.569. The molecular weight excluding hydrogens is 362 g/mol. The Morgan fingerprint density at radius 1 is 0.769 bits per heavy atom. The van der Waals surface area contributed by atoms with Gasteiger partial charge < -0.3 is 12.4 Å². The van der Waals surface area contributed by atoms with Crippen molar-refractivity contribution in [3.8, 4) is 0 Å². The molecule has 0 saturated heterocycles. The Hall–Kier alpha value is -1.04. The van der Waals surface area contributed by atoms with E-state index in [4.69, 9.17) is 11.6 Å². The second-order valence-corrected chi connectivity index (χ2v) is 6.95. The molecule has 2 aromatic carbocycles. The molecule has 0 atom stereocenters. The molecule has 4 rings (SSSR count). The van der Waals surface area contributed by atoms with Gasteiger partial charge in [0, 0.05) is 29.0 Å². The molecule has 2 aromatic rings. The summed E-state index contributed by atoms with van der Waals surface area (Å²) in [5.41, 5.74) is 5.42. The molecule has 0 radical (unpaired) electrons. The zero-order valence-electron chi connectivity index (χ0n) is 15.3. The number of carbonyl (C=O) groups is 2. The number of Topliss-reactive ketones (excluding diaryl/α,β-unsaturated/α-hetero) is 2. The largest absolute Gasteiger partial charge is 1.00 e. The van der Waals surface area contributed by atoms with E-state index in [2.05, 4.69) is 13.0 Å². The smallest absolute Gasteiger partial charge is 1.00 e. The van der Waals surface area contributed by atoms with Gasteiger partial charge in [-0.25, -0.2) is 0 Å². The summed E-state index contributed by atoms with van der Waals surface area (Å²) in [4.78, 5) is 22.8. The number of ketones is 2. The average Bonchev–Trinajstić information content (AvgIpc) is 2.55. The molecule has 132 valence electrons. The third-order valence-corrected chi connectivity index (χ3v) is 4.86. The van der Waals surface area contributed by atoms with Crippen LogP contribution in [0.2, 0.25) is 5.02 Å². The van der Waals surface area contributed by atoms with Gasteiger partial charge in [0.1, 0.15) is 0 Å². The van der Waals surface area contributed by atoms with E-state index in [9.17, 15) is 9.59 Å². The maximum absolute atomic E-state index is 11.4. The molecule has 2 aliphatic carbocycles. The van der Waals surface area contributed by atoms with Crippen molar-refractivity contribution in [3.05, 3.63) is 69.2 Å². The van der Waals surface area contributed by atoms with Crippen molar-refractivity contribution >= 4 is 23.2 Å². The van der Waals surface area contributed by atoms with Crippen LogP contribution < -0.4 is 31.3 Å². The summed E-state index contributed by atoms with van der Waals surface area (Å²) in [6.45, 7) is 2.07. The molecule has 2 aliphatic rings. The number of fused-ring (bicyclic) bond motifs is 2. The van der Waals surface area contributed by atoms with E-state index in [-0.39, 0.29) is 37.1 Å². The van der Waals surface area contributed by atoms with Gasteiger partial charge in [-0.3, -0.25) is 9.59 Å². The molecule has 0 bridgehead atoms. The zero-order chi connectivity index (χ0) is 17.1. The van der Waals surface area contributed by atoms with Gasteiger partial charge in [0.05, 0.1) is 0 Å². The SMILES string of the molecule is Cc1ccc2c(c1)CCCC2=O.O=C1CCCc2cc(Cl)ccc21.[Cl-].[Li+]. The van der Waals surface area contributed by atoms with Crippen LogP contribution in [0.1, 0.15) is 63.1 Å². The molecule has 0 N–H and O–H groups in total. The molecular formula is C21H21Cl2LiO2. The van der Waals surface area contributed by atoms with Crippen LogP contribution in [0.4, 0.5) is 0 Å². The standard InChI is InChI=1S/C11H12O.C10H9ClO.ClH.Li/c1-8-5-6-10-9(7-8)3-2-4-11(10)12;11-8-4-5-9-7(6-8)2-1-3-10(9)12;;/h5-7H,2-4H2,1H3;4-6H,1-3H2;1H;/q;;;+1/p-1. The summed E-state index contributed by atoms with van der Waals surface area (Å²) in [6.07, 6.45) is 5.47. The predicted molar refractivity (Wildman–Crippen MR) is 97.2 cm³/mol. The normalized spacial score (nSPS) is 14.7. The van der Waals surface area contributed by atoms with Crippen molar-refractivity contribution in [2.45, 2.75) is 45.4 Å². The Morgan fingerprint density at radius 3 is 1.85 bits per heavy atom. The number of rotatable bonds is 0. The van der Waals surface area contributed by atoms with Crippen LogP contribution in [0.15, 0.2) is 36.4 Å². The number of benzene rings is 2. The first kappa shape index (κ1) is 23.0. The Balaban J connectivity index is 0.000000241. The molecule has 0 spiro atoms. The van der Waals surface area contributed by atoms with Crippen molar-refractivity contribution in [3.63, 3.8) is 0 Å². The van der Waals surface area contributed by atoms with Crippen LogP contribution in [0.25, 0.3) is 0 Å². The average molecular weight is 383 g/mol. The summed E-state index contributed by atoms with van der Waals surface area (Å²) in [7, 11) is 0. The van der Waals surface area contributed by atoms with Crippen LogP contribution in [-0.4, -0.2) is 11.6 Å². The maximum atomic E-state index is 11.4. The maximum Gasteiger partial charge on any atom is 1.00 e. The van der Waals surface area contributed by atoms with Gasteiger partial charge in [0.25, 0.3) is 0 Å². The van der Waals surface area contributed by atoms with Gasteiger partial charge in [0.15, 0.2) is 11.6 Å². The van der Waals surface area contributed by atoms with Crippen LogP contribution >= 0.6 is 11.6 Å². The zero-order valence-corrected chi connectivity index (χ0v) is 16.8.